The molecule has 2 aromatic rings. The fourth-order valence-corrected chi connectivity index (χ4v) is 7.69. The summed E-state index contributed by atoms with van der Waals surface area (Å²) in [5, 5.41) is 12.5. The molecule has 2 aliphatic heterocycles. The lowest BCUT2D eigenvalue weighted by atomic mass is 9.48. The van der Waals surface area contributed by atoms with E-state index in [1.54, 1.807) is 24.7 Å². The van der Waals surface area contributed by atoms with Crippen LogP contribution in [0.15, 0.2) is 41.2 Å². The Balaban J connectivity index is 1.46. The molecule has 202 valence electrons. The van der Waals surface area contributed by atoms with Crippen molar-refractivity contribution in [1.29, 1.82) is 0 Å². The Hall–Kier alpha value is -3.10. The number of piperidine rings is 1. The third-order valence-corrected chi connectivity index (χ3v) is 9.14. The SMILES string of the molecule is CC(=O)Oc1ccc2c3c1O[C@H]1[C@H](N(CC(C)C)C(=O)/C=C/c4ccoc4)CC[C@@]4(O)[C@@H](C2)N(C)CC[C@]314. The summed E-state index contributed by atoms with van der Waals surface area (Å²) in [6, 6.07) is 5.35. The van der Waals surface area contributed by atoms with Crippen LogP contribution in [-0.4, -0.2) is 70.7 Å². The zero-order valence-corrected chi connectivity index (χ0v) is 22.5. The highest BCUT2D eigenvalue weighted by Crippen LogP contribution is 2.65. The van der Waals surface area contributed by atoms with E-state index in [1.807, 2.05) is 23.1 Å². The quantitative estimate of drug-likeness (QED) is 0.354. The summed E-state index contributed by atoms with van der Waals surface area (Å²) in [5.41, 5.74) is 1.24. The zero-order valence-electron chi connectivity index (χ0n) is 22.5. The molecular weight excluding hydrogens is 484 g/mol. The van der Waals surface area contributed by atoms with Crippen molar-refractivity contribution in [1.82, 2.24) is 9.80 Å². The first kappa shape index (κ1) is 25.2. The summed E-state index contributed by atoms with van der Waals surface area (Å²) in [6.45, 7) is 6.97. The van der Waals surface area contributed by atoms with E-state index in [2.05, 4.69) is 25.8 Å². The van der Waals surface area contributed by atoms with Crippen LogP contribution in [-0.2, 0) is 21.4 Å². The second kappa shape index (κ2) is 8.99. The number of esters is 1. The number of ether oxygens (including phenoxy) is 2. The van der Waals surface area contributed by atoms with Gasteiger partial charge < -0.3 is 28.8 Å². The summed E-state index contributed by atoms with van der Waals surface area (Å²) in [6.07, 6.45) is 8.70. The summed E-state index contributed by atoms with van der Waals surface area (Å²) >= 11 is 0. The van der Waals surface area contributed by atoms with Crippen LogP contribution in [0.5, 0.6) is 11.5 Å². The second-order valence-corrected chi connectivity index (χ2v) is 11.8. The lowest BCUT2D eigenvalue weighted by molar-refractivity contribution is -0.197. The van der Waals surface area contributed by atoms with Gasteiger partial charge in [-0.25, -0.2) is 0 Å². The number of likely N-dealkylation sites (N-methyl/N-ethyl adjacent to an activating group) is 1. The highest BCUT2D eigenvalue weighted by molar-refractivity contribution is 5.92. The average Bonchev–Trinajstić information content (AvgIpc) is 3.50. The van der Waals surface area contributed by atoms with E-state index in [4.69, 9.17) is 13.9 Å². The minimum Gasteiger partial charge on any atom is -0.483 e. The van der Waals surface area contributed by atoms with Gasteiger partial charge >= 0.3 is 5.97 Å². The van der Waals surface area contributed by atoms with Gasteiger partial charge in [-0.2, -0.15) is 0 Å². The number of amides is 1. The summed E-state index contributed by atoms with van der Waals surface area (Å²) < 4.78 is 17.5. The summed E-state index contributed by atoms with van der Waals surface area (Å²) in [5.74, 6) is 0.684. The van der Waals surface area contributed by atoms with Gasteiger partial charge in [0.1, 0.15) is 6.10 Å². The molecule has 3 heterocycles. The lowest BCUT2D eigenvalue weighted by Gasteiger charge is -2.64. The molecule has 1 amide bonds. The first-order valence-electron chi connectivity index (χ1n) is 13.6. The van der Waals surface area contributed by atoms with Gasteiger partial charge in [-0.1, -0.05) is 19.9 Å². The van der Waals surface area contributed by atoms with Crippen molar-refractivity contribution in [2.24, 2.45) is 5.92 Å². The van der Waals surface area contributed by atoms with Crippen molar-refractivity contribution in [3.8, 4) is 11.5 Å². The van der Waals surface area contributed by atoms with Crippen molar-refractivity contribution < 1.29 is 28.6 Å². The number of rotatable bonds is 6. The van der Waals surface area contributed by atoms with Gasteiger partial charge in [0.25, 0.3) is 0 Å². The van der Waals surface area contributed by atoms with Gasteiger partial charge in [0, 0.05) is 36.7 Å². The van der Waals surface area contributed by atoms with Crippen LogP contribution in [0.25, 0.3) is 6.08 Å². The number of likely N-dealkylation sites (tertiary alicyclic amines) is 1. The standard InChI is InChI=1S/C30H36N2O6/c1-18(2)16-32(25(34)8-5-20-10-14-36-17-20)22-9-11-30(35)24-15-21-6-7-23(37-19(3)33)27-26(21)29(30,28(22)38-27)12-13-31(24)4/h5-8,10,14,17-18,22,24,28,35H,9,11-13,15-16H2,1-4H3/b8-5+/t22-,24-,28+,29+,30-/m1/s1. The number of benzene rings is 1. The van der Waals surface area contributed by atoms with Crippen LogP contribution in [0.4, 0.5) is 0 Å². The fraction of sp³-hybridized carbons (Fsp3) is 0.533. The molecule has 38 heavy (non-hydrogen) atoms. The number of hydrogen-bond donors (Lipinski definition) is 1. The largest absolute Gasteiger partial charge is 0.483 e. The predicted molar refractivity (Wildman–Crippen MR) is 141 cm³/mol. The second-order valence-electron chi connectivity index (χ2n) is 11.8. The monoisotopic (exact) mass is 520 g/mol. The number of hydrogen-bond acceptors (Lipinski definition) is 7. The van der Waals surface area contributed by atoms with Crippen molar-refractivity contribution in [2.75, 3.05) is 20.1 Å². The Kier molecular flexibility index (Phi) is 5.96. The molecule has 2 aliphatic carbocycles. The van der Waals surface area contributed by atoms with Crippen molar-refractivity contribution >= 4 is 18.0 Å². The molecule has 4 aliphatic rings. The Morgan fingerprint density at radius 1 is 1.29 bits per heavy atom. The first-order valence-corrected chi connectivity index (χ1v) is 13.6. The molecule has 2 bridgehead atoms. The van der Waals surface area contributed by atoms with Gasteiger partial charge in [-0.05, 0) is 69.0 Å². The van der Waals surface area contributed by atoms with Crippen LogP contribution in [0.3, 0.4) is 0 Å². The maximum atomic E-state index is 13.7. The third-order valence-electron chi connectivity index (χ3n) is 9.14. The minimum atomic E-state index is -1.01. The van der Waals surface area contributed by atoms with Gasteiger partial charge in [-0.3, -0.25) is 9.59 Å². The van der Waals surface area contributed by atoms with E-state index in [0.29, 0.717) is 43.7 Å². The van der Waals surface area contributed by atoms with Crippen LogP contribution >= 0.6 is 0 Å². The Morgan fingerprint density at radius 2 is 2.11 bits per heavy atom. The first-order chi connectivity index (χ1) is 18.2. The molecule has 5 atom stereocenters. The van der Waals surface area contributed by atoms with Gasteiger partial charge in [0.15, 0.2) is 11.5 Å². The van der Waals surface area contributed by atoms with Crippen molar-refractivity contribution in [3.05, 3.63) is 53.5 Å². The third kappa shape index (κ3) is 3.57. The molecule has 0 unspecified atom stereocenters. The van der Waals surface area contributed by atoms with E-state index in [0.717, 1.165) is 23.2 Å². The topological polar surface area (TPSA) is 92.5 Å². The fourth-order valence-electron chi connectivity index (χ4n) is 7.69. The molecule has 8 nitrogen and oxygen atoms in total. The molecule has 0 radical (unpaired) electrons. The highest BCUT2D eigenvalue weighted by Gasteiger charge is 2.73. The van der Waals surface area contributed by atoms with E-state index in [1.165, 1.54) is 6.92 Å². The van der Waals surface area contributed by atoms with Gasteiger partial charge in [0.2, 0.25) is 5.91 Å². The lowest BCUT2D eigenvalue weighted by Crippen LogP contribution is -2.78. The van der Waals surface area contributed by atoms with Crippen molar-refractivity contribution in [2.45, 2.75) is 75.7 Å². The number of nitrogens with zero attached hydrogens (tertiary/aromatic N) is 2. The Bertz CT molecular complexity index is 1290. The van der Waals surface area contributed by atoms with Gasteiger partial charge in [-0.15, -0.1) is 0 Å². The predicted octanol–water partition coefficient (Wildman–Crippen LogP) is 3.56. The number of aliphatic hydroxyl groups is 1. The highest BCUT2D eigenvalue weighted by atomic mass is 16.6. The summed E-state index contributed by atoms with van der Waals surface area (Å²) in [4.78, 5) is 29.9. The van der Waals surface area contributed by atoms with Crippen LogP contribution < -0.4 is 9.47 Å². The Labute approximate surface area is 223 Å². The normalized spacial score (nSPS) is 31.3. The molecule has 1 spiro atoms. The molecule has 6 rings (SSSR count). The van der Waals surface area contributed by atoms with Gasteiger partial charge in [0.05, 0.1) is 29.6 Å². The minimum absolute atomic E-state index is 0.0448. The van der Waals surface area contributed by atoms with E-state index >= 15 is 0 Å². The van der Waals surface area contributed by atoms with Crippen LogP contribution in [0.1, 0.15) is 56.7 Å². The molecule has 1 aromatic heterocycles. The molecule has 8 heteroatoms. The number of furan rings is 1. The summed E-state index contributed by atoms with van der Waals surface area (Å²) in [7, 11) is 2.08. The van der Waals surface area contributed by atoms with E-state index in [-0.39, 0.29) is 23.9 Å². The molecule has 2 fully saturated rings. The zero-order chi connectivity index (χ0) is 26.8. The van der Waals surface area contributed by atoms with E-state index in [9.17, 15) is 14.7 Å². The maximum Gasteiger partial charge on any atom is 0.308 e. The molecular formula is C30H36N2O6. The number of carbonyl (C=O) groups excluding carboxylic acids is 2. The molecule has 1 aromatic carbocycles. The maximum absolute atomic E-state index is 13.7. The molecule has 1 saturated carbocycles. The Morgan fingerprint density at radius 3 is 2.82 bits per heavy atom. The smallest absolute Gasteiger partial charge is 0.308 e. The van der Waals surface area contributed by atoms with E-state index < -0.39 is 23.1 Å². The van der Waals surface area contributed by atoms with Crippen LogP contribution in [0.2, 0.25) is 0 Å². The number of carbonyl (C=O) groups is 2. The van der Waals surface area contributed by atoms with Crippen LogP contribution in [0, 0.1) is 5.92 Å². The molecule has 1 N–H and O–H groups in total. The average molecular weight is 521 g/mol. The van der Waals surface area contributed by atoms with Crippen molar-refractivity contribution in [3.63, 3.8) is 0 Å². The molecule has 1 saturated heterocycles.